The largest absolute Gasteiger partial charge is 0.465 e. The minimum atomic E-state index is -1.61. The molecule has 3 aliphatic heterocycles. The zero-order valence-electron chi connectivity index (χ0n) is 15.4. The molecule has 4 atom stereocenters. The Morgan fingerprint density at radius 1 is 1.38 bits per heavy atom. The van der Waals surface area contributed by atoms with Gasteiger partial charge in [0.05, 0.1) is 18.7 Å². The Labute approximate surface area is 153 Å². The lowest BCUT2D eigenvalue weighted by Gasteiger charge is -2.53. The number of carbonyl (C=O) groups excluding carboxylic acids is 1. The van der Waals surface area contributed by atoms with Crippen molar-refractivity contribution in [3.63, 3.8) is 0 Å². The fourth-order valence-electron chi connectivity index (χ4n) is 5.84. The van der Waals surface area contributed by atoms with Gasteiger partial charge in [0.25, 0.3) is 0 Å². The minimum absolute atomic E-state index is 0.286. The molecule has 1 aromatic carbocycles. The monoisotopic (exact) mass is 354 g/mol. The maximum Gasteiger partial charge on any atom is 0.359 e. The summed E-state index contributed by atoms with van der Waals surface area (Å²) in [5.41, 5.74) is 1.80. The number of carbonyl (C=O) groups is 1. The van der Waals surface area contributed by atoms with Gasteiger partial charge in [-0.25, -0.2) is 4.79 Å². The zero-order valence-corrected chi connectivity index (χ0v) is 15.4. The van der Waals surface area contributed by atoms with Gasteiger partial charge in [-0.3, -0.25) is 4.90 Å². The predicted molar refractivity (Wildman–Crippen MR) is 98.7 cm³/mol. The molecular weight excluding hydrogens is 328 g/mol. The lowest BCUT2D eigenvalue weighted by Crippen LogP contribution is -2.56. The van der Waals surface area contributed by atoms with Gasteiger partial charge < -0.3 is 14.4 Å². The third kappa shape index (κ3) is 1.96. The van der Waals surface area contributed by atoms with E-state index in [2.05, 4.69) is 17.9 Å². The van der Waals surface area contributed by atoms with Crippen molar-refractivity contribution < 1.29 is 14.6 Å². The van der Waals surface area contributed by atoms with Gasteiger partial charge in [0.1, 0.15) is 0 Å². The number of fused-ring (bicyclic) bond motifs is 3. The number of esters is 1. The van der Waals surface area contributed by atoms with Crippen LogP contribution in [0.15, 0.2) is 24.3 Å². The van der Waals surface area contributed by atoms with E-state index < -0.39 is 11.7 Å². The van der Waals surface area contributed by atoms with Crippen molar-refractivity contribution in [3.8, 4) is 0 Å². The van der Waals surface area contributed by atoms with Gasteiger partial charge in [-0.1, -0.05) is 31.5 Å². The molecule has 138 valence electrons. The van der Waals surface area contributed by atoms with Crippen LogP contribution in [0.5, 0.6) is 0 Å². The van der Waals surface area contributed by atoms with Crippen molar-refractivity contribution in [1.29, 1.82) is 0 Å². The van der Waals surface area contributed by atoms with Crippen molar-refractivity contribution in [2.24, 2.45) is 11.8 Å². The number of aromatic nitrogens is 1. The number of nitrogens with zero attached hydrogens (tertiary/aromatic N) is 2. The maximum absolute atomic E-state index is 12.7. The Balaban J connectivity index is 1.79. The molecule has 1 N–H and O–H groups in total. The number of piperidine rings is 1. The second-order valence-electron chi connectivity index (χ2n) is 8.19. The Kier molecular flexibility index (Phi) is 3.50. The van der Waals surface area contributed by atoms with Crippen LogP contribution in [0, 0.1) is 11.8 Å². The van der Waals surface area contributed by atoms with Crippen molar-refractivity contribution in [1.82, 2.24) is 9.47 Å². The average molecular weight is 354 g/mol. The van der Waals surface area contributed by atoms with E-state index in [0.717, 1.165) is 43.6 Å². The van der Waals surface area contributed by atoms with Crippen molar-refractivity contribution in [3.05, 3.63) is 35.5 Å². The first-order valence-corrected chi connectivity index (χ1v) is 9.76. The smallest absolute Gasteiger partial charge is 0.359 e. The summed E-state index contributed by atoms with van der Waals surface area (Å²) in [6.45, 7) is 4.43. The number of para-hydroxylation sites is 1. The number of hydrogen-bond donors (Lipinski definition) is 1. The van der Waals surface area contributed by atoms with Crippen LogP contribution in [0.25, 0.3) is 10.9 Å². The molecule has 0 bridgehead atoms. The number of aliphatic hydroxyl groups is 1. The first-order chi connectivity index (χ1) is 12.6. The number of hydrogen-bond acceptors (Lipinski definition) is 4. The van der Waals surface area contributed by atoms with Gasteiger partial charge in [-0.15, -0.1) is 0 Å². The second kappa shape index (κ2) is 5.57. The second-order valence-corrected chi connectivity index (χ2v) is 8.19. The Morgan fingerprint density at radius 3 is 2.96 bits per heavy atom. The molecule has 0 amide bonds. The molecule has 5 rings (SSSR count). The number of ether oxygens (including phenoxy) is 1. The maximum atomic E-state index is 12.7. The van der Waals surface area contributed by atoms with Crippen LogP contribution in [0.3, 0.4) is 0 Å². The van der Waals surface area contributed by atoms with Crippen LogP contribution in [-0.2, 0) is 21.7 Å². The average Bonchev–Trinajstić information content (AvgIpc) is 3.02. The third-order valence-electron chi connectivity index (χ3n) is 6.92. The summed E-state index contributed by atoms with van der Waals surface area (Å²) in [6, 6.07) is 8.46. The van der Waals surface area contributed by atoms with E-state index in [4.69, 9.17) is 4.74 Å². The predicted octanol–water partition coefficient (Wildman–Crippen LogP) is 2.81. The van der Waals surface area contributed by atoms with Gasteiger partial charge in [0.15, 0.2) is 0 Å². The summed E-state index contributed by atoms with van der Waals surface area (Å²) in [6.07, 6.45) is 3.62. The molecule has 3 aliphatic rings. The van der Waals surface area contributed by atoms with Gasteiger partial charge in [0.2, 0.25) is 5.72 Å². The van der Waals surface area contributed by atoms with E-state index >= 15 is 0 Å². The normalized spacial score (nSPS) is 33.1. The minimum Gasteiger partial charge on any atom is -0.465 e. The number of rotatable bonds is 2. The van der Waals surface area contributed by atoms with E-state index in [1.165, 1.54) is 18.1 Å². The van der Waals surface area contributed by atoms with Crippen LogP contribution in [0.2, 0.25) is 0 Å². The Morgan fingerprint density at radius 2 is 2.19 bits per heavy atom. The third-order valence-corrected chi connectivity index (χ3v) is 6.92. The van der Waals surface area contributed by atoms with Crippen LogP contribution < -0.4 is 0 Å². The van der Waals surface area contributed by atoms with Crippen LogP contribution in [0.1, 0.15) is 43.5 Å². The van der Waals surface area contributed by atoms with E-state index in [9.17, 15) is 9.90 Å². The van der Waals surface area contributed by atoms with Crippen LogP contribution in [-0.4, -0.2) is 40.7 Å². The number of methoxy groups -OCH3 is 1. The SMILES string of the molecule is CC[C@@H]1C[C@@H]2C[C@](O)(C(=O)OC)n3c4c(c5ccccc53)CCN(C1)[C@@H]42. The standard InChI is InChI=1S/C21H26N2O3/c1-3-13-10-14-11-21(25,20(24)26-2)23-17-7-5-4-6-15(17)16-8-9-22(12-13)18(14)19(16)23/h4-7,13-14,18,25H,3,8-12H2,1-2H3/t13-,14-,18-,21+/m1/s1. The lowest BCUT2D eigenvalue weighted by molar-refractivity contribution is -0.185. The summed E-state index contributed by atoms with van der Waals surface area (Å²) >= 11 is 0. The highest BCUT2D eigenvalue weighted by molar-refractivity contribution is 5.89. The van der Waals surface area contributed by atoms with Gasteiger partial charge >= 0.3 is 5.97 Å². The van der Waals surface area contributed by atoms with Crippen molar-refractivity contribution >= 4 is 16.9 Å². The van der Waals surface area contributed by atoms with Crippen LogP contribution in [0.4, 0.5) is 0 Å². The van der Waals surface area contributed by atoms with Crippen LogP contribution >= 0.6 is 0 Å². The Bertz CT molecular complexity index is 889. The van der Waals surface area contributed by atoms with Crippen molar-refractivity contribution in [2.45, 2.75) is 44.4 Å². The fourth-order valence-corrected chi connectivity index (χ4v) is 5.84. The summed E-state index contributed by atoms with van der Waals surface area (Å²) in [7, 11) is 1.37. The van der Waals surface area contributed by atoms with E-state index in [0.29, 0.717) is 18.4 Å². The van der Waals surface area contributed by atoms with E-state index in [-0.39, 0.29) is 5.92 Å². The lowest BCUT2D eigenvalue weighted by atomic mass is 9.72. The highest BCUT2D eigenvalue weighted by atomic mass is 16.5. The van der Waals surface area contributed by atoms with Gasteiger partial charge in [-0.05, 0) is 36.3 Å². The molecule has 5 nitrogen and oxygen atoms in total. The fraction of sp³-hybridized carbons (Fsp3) is 0.571. The topological polar surface area (TPSA) is 54.7 Å². The molecule has 4 heterocycles. The first-order valence-electron chi connectivity index (χ1n) is 9.76. The summed E-state index contributed by atoms with van der Waals surface area (Å²) < 4.78 is 6.97. The summed E-state index contributed by atoms with van der Waals surface area (Å²) in [5.74, 6) is 0.375. The highest BCUT2D eigenvalue weighted by Crippen LogP contribution is 2.53. The summed E-state index contributed by atoms with van der Waals surface area (Å²) in [5, 5.41) is 12.8. The molecule has 0 aliphatic carbocycles. The highest BCUT2D eigenvalue weighted by Gasteiger charge is 2.55. The van der Waals surface area contributed by atoms with E-state index in [1.807, 2.05) is 22.8 Å². The Hall–Kier alpha value is -1.85. The molecule has 26 heavy (non-hydrogen) atoms. The number of benzene rings is 1. The molecule has 1 saturated heterocycles. The van der Waals surface area contributed by atoms with Gasteiger partial charge in [-0.2, -0.15) is 0 Å². The quantitative estimate of drug-likeness (QED) is 0.843. The molecule has 0 saturated carbocycles. The summed E-state index contributed by atoms with van der Waals surface area (Å²) in [4.78, 5) is 15.3. The molecule has 1 aromatic heterocycles. The molecule has 0 spiro atoms. The molecule has 2 aromatic rings. The molecule has 0 unspecified atom stereocenters. The zero-order chi connectivity index (χ0) is 18.1. The van der Waals surface area contributed by atoms with Gasteiger partial charge in [0, 0.05) is 30.6 Å². The molecular formula is C21H26N2O3. The van der Waals surface area contributed by atoms with E-state index in [1.54, 1.807) is 0 Å². The molecule has 5 heteroatoms. The van der Waals surface area contributed by atoms with Crippen molar-refractivity contribution in [2.75, 3.05) is 20.2 Å². The molecule has 1 fully saturated rings. The first kappa shape index (κ1) is 16.3. The molecule has 0 radical (unpaired) electrons.